The number of aromatic amines is 1. The quantitative estimate of drug-likeness (QED) is 0.406. The Morgan fingerprint density at radius 3 is 2.64 bits per heavy atom. The van der Waals surface area contributed by atoms with E-state index >= 15 is 0 Å². The average molecular weight is 464 g/mol. The van der Waals surface area contributed by atoms with Gasteiger partial charge in [-0.1, -0.05) is 36.6 Å². The molecular weight excluding hydrogens is 434 g/mol. The van der Waals surface area contributed by atoms with Crippen molar-refractivity contribution >= 4 is 39.9 Å². The van der Waals surface area contributed by atoms with Gasteiger partial charge in [-0.15, -0.1) is 0 Å². The number of carbonyl (C=O) groups excluding carboxylic acids is 1. The Hall–Kier alpha value is -3.19. The van der Waals surface area contributed by atoms with Crippen LogP contribution in [-0.2, 0) is 11.3 Å². The van der Waals surface area contributed by atoms with Gasteiger partial charge in [-0.05, 0) is 74.1 Å². The minimum absolute atomic E-state index is 0.102. The third-order valence-electron chi connectivity index (χ3n) is 6.31. The van der Waals surface area contributed by atoms with Crippen molar-refractivity contribution in [1.29, 1.82) is 0 Å². The minimum Gasteiger partial charge on any atom is -0.465 e. The number of para-hydroxylation sites is 1. The zero-order valence-corrected chi connectivity index (χ0v) is 20.1. The molecule has 6 nitrogen and oxygen atoms in total. The molecule has 0 saturated heterocycles. The first-order valence-corrected chi connectivity index (χ1v) is 11.7. The molecule has 4 rings (SSSR count). The maximum atomic E-state index is 13.0. The number of esters is 1. The van der Waals surface area contributed by atoms with E-state index in [1.807, 2.05) is 19.1 Å². The van der Waals surface area contributed by atoms with Crippen LogP contribution in [0.3, 0.4) is 0 Å². The molecule has 1 aliphatic carbocycles. The number of aryl methyl sites for hydroxylation is 2. The molecule has 0 bridgehead atoms. The lowest BCUT2D eigenvalue weighted by Crippen LogP contribution is -2.42. The van der Waals surface area contributed by atoms with Crippen LogP contribution in [0.1, 0.15) is 52.7 Å². The molecule has 33 heavy (non-hydrogen) atoms. The van der Waals surface area contributed by atoms with Crippen molar-refractivity contribution < 1.29 is 9.53 Å². The molecule has 1 heterocycles. The van der Waals surface area contributed by atoms with E-state index in [9.17, 15) is 9.59 Å². The van der Waals surface area contributed by atoms with Gasteiger partial charge in [0.2, 0.25) is 0 Å². The van der Waals surface area contributed by atoms with Crippen molar-refractivity contribution in [3.8, 4) is 0 Å². The number of aromatic nitrogens is 1. The Morgan fingerprint density at radius 1 is 1.18 bits per heavy atom. The summed E-state index contributed by atoms with van der Waals surface area (Å²) in [6, 6.07) is 13.5. The van der Waals surface area contributed by atoms with Gasteiger partial charge in [-0.2, -0.15) is 0 Å². The van der Waals surface area contributed by atoms with Gasteiger partial charge in [0.1, 0.15) is 0 Å². The summed E-state index contributed by atoms with van der Waals surface area (Å²) in [5.41, 5.74) is 4.66. The zero-order valence-electron chi connectivity index (χ0n) is 19.2. The van der Waals surface area contributed by atoms with Gasteiger partial charge in [0.15, 0.2) is 5.11 Å². The van der Waals surface area contributed by atoms with Gasteiger partial charge in [-0.3, -0.25) is 4.79 Å². The highest BCUT2D eigenvalue weighted by Gasteiger charge is 2.26. The molecule has 0 atom stereocenters. The second-order valence-corrected chi connectivity index (χ2v) is 9.09. The van der Waals surface area contributed by atoms with Crippen molar-refractivity contribution in [2.24, 2.45) is 0 Å². The third-order valence-corrected chi connectivity index (χ3v) is 6.65. The van der Waals surface area contributed by atoms with Crippen molar-refractivity contribution in [2.45, 2.75) is 52.1 Å². The molecule has 1 aromatic heterocycles. The first-order chi connectivity index (χ1) is 15.9. The first kappa shape index (κ1) is 23.0. The Bertz CT molecular complexity index is 1260. The summed E-state index contributed by atoms with van der Waals surface area (Å²) in [7, 11) is 1.36. The molecule has 0 aliphatic heterocycles. The van der Waals surface area contributed by atoms with Gasteiger partial charge in [0.25, 0.3) is 5.56 Å². The summed E-state index contributed by atoms with van der Waals surface area (Å²) in [6.07, 6.45) is 4.30. The smallest absolute Gasteiger partial charge is 0.339 e. The van der Waals surface area contributed by atoms with Crippen molar-refractivity contribution in [2.75, 3.05) is 12.4 Å². The maximum absolute atomic E-state index is 13.0. The van der Waals surface area contributed by atoms with E-state index < -0.39 is 5.97 Å². The Labute approximate surface area is 199 Å². The van der Waals surface area contributed by atoms with Gasteiger partial charge < -0.3 is 19.9 Å². The van der Waals surface area contributed by atoms with E-state index in [1.165, 1.54) is 7.11 Å². The molecule has 2 N–H and O–H groups in total. The number of thiocarbonyl (C=S) groups is 1. The van der Waals surface area contributed by atoms with E-state index in [4.69, 9.17) is 17.0 Å². The molecule has 0 amide bonds. The van der Waals surface area contributed by atoms with Gasteiger partial charge in [0, 0.05) is 11.6 Å². The largest absolute Gasteiger partial charge is 0.465 e. The summed E-state index contributed by atoms with van der Waals surface area (Å²) in [4.78, 5) is 30.3. The van der Waals surface area contributed by atoms with Crippen LogP contribution in [0.25, 0.3) is 10.9 Å². The van der Waals surface area contributed by atoms with Crippen LogP contribution in [0, 0.1) is 13.8 Å². The lowest BCUT2D eigenvalue weighted by atomic mass is 10.0. The summed E-state index contributed by atoms with van der Waals surface area (Å²) >= 11 is 5.81. The molecule has 0 unspecified atom stereocenters. The van der Waals surface area contributed by atoms with E-state index in [0.29, 0.717) is 28.5 Å². The second-order valence-electron chi connectivity index (χ2n) is 8.70. The fraction of sp³-hybridized carbons (Fsp3) is 0.346. The van der Waals surface area contributed by atoms with E-state index in [0.717, 1.165) is 47.7 Å². The van der Waals surface area contributed by atoms with E-state index in [1.54, 1.807) is 18.2 Å². The predicted octanol–water partition coefficient (Wildman–Crippen LogP) is 5.07. The highest BCUT2D eigenvalue weighted by atomic mass is 32.1. The maximum Gasteiger partial charge on any atom is 0.339 e. The van der Waals surface area contributed by atoms with Crippen molar-refractivity contribution in [1.82, 2.24) is 9.88 Å². The molecule has 172 valence electrons. The van der Waals surface area contributed by atoms with E-state index in [-0.39, 0.29) is 11.6 Å². The number of H-pyrrole nitrogens is 1. The SMILES string of the molecule is COC(=O)c1ccccc1NC(=S)N(Cc1cc2cc(C)cc(C)c2[nH]c1=O)C1CCCC1. The van der Waals surface area contributed by atoms with Crippen LogP contribution in [0.5, 0.6) is 0 Å². The third kappa shape index (κ3) is 4.93. The number of carbonyl (C=O) groups is 1. The standard InChI is InChI=1S/C26H29N3O3S/c1-16-12-17(2)23-18(13-16)14-19(24(30)28-23)15-29(20-8-4-5-9-20)26(33)27-22-11-7-6-10-21(22)25(31)32-3/h6-7,10-14,20H,4-5,8-9,15H2,1-3H3,(H,27,33)(H,28,30). The summed E-state index contributed by atoms with van der Waals surface area (Å²) in [6.45, 7) is 4.46. The fourth-order valence-corrected chi connectivity index (χ4v) is 5.01. The van der Waals surface area contributed by atoms with Crippen LogP contribution < -0.4 is 10.9 Å². The second kappa shape index (κ2) is 9.75. The Morgan fingerprint density at radius 2 is 1.91 bits per heavy atom. The molecule has 2 aromatic carbocycles. The Balaban J connectivity index is 1.67. The van der Waals surface area contributed by atoms with Crippen molar-refractivity contribution in [3.63, 3.8) is 0 Å². The number of nitrogens with one attached hydrogen (secondary N) is 2. The van der Waals surface area contributed by atoms with Crippen LogP contribution in [-0.4, -0.2) is 34.1 Å². The number of methoxy groups -OCH3 is 1. The summed E-state index contributed by atoms with van der Waals surface area (Å²) < 4.78 is 4.91. The molecular formula is C26H29N3O3S. The lowest BCUT2D eigenvalue weighted by Gasteiger charge is -2.32. The number of fused-ring (bicyclic) bond motifs is 1. The monoisotopic (exact) mass is 463 g/mol. The summed E-state index contributed by atoms with van der Waals surface area (Å²) in [5, 5.41) is 4.76. The number of nitrogens with zero attached hydrogens (tertiary/aromatic N) is 1. The molecule has 7 heteroatoms. The predicted molar refractivity (Wildman–Crippen MR) is 136 cm³/mol. The number of rotatable bonds is 5. The number of hydrogen-bond acceptors (Lipinski definition) is 4. The molecule has 1 saturated carbocycles. The average Bonchev–Trinajstić information content (AvgIpc) is 3.32. The molecule has 3 aromatic rings. The number of anilines is 1. The van der Waals surface area contributed by atoms with Gasteiger partial charge in [0.05, 0.1) is 30.4 Å². The minimum atomic E-state index is -0.426. The van der Waals surface area contributed by atoms with Gasteiger partial charge in [-0.25, -0.2) is 4.79 Å². The van der Waals surface area contributed by atoms with Crippen LogP contribution in [0.15, 0.2) is 47.3 Å². The number of pyridine rings is 1. The molecule has 1 fully saturated rings. The Kier molecular flexibility index (Phi) is 6.79. The van der Waals surface area contributed by atoms with Crippen molar-refractivity contribution in [3.05, 3.63) is 75.1 Å². The highest BCUT2D eigenvalue weighted by Crippen LogP contribution is 2.27. The topological polar surface area (TPSA) is 74.4 Å². The molecule has 1 aliphatic rings. The normalized spacial score (nSPS) is 13.8. The van der Waals surface area contributed by atoms with Crippen LogP contribution in [0.4, 0.5) is 5.69 Å². The number of ether oxygens (including phenoxy) is 1. The first-order valence-electron chi connectivity index (χ1n) is 11.3. The fourth-order valence-electron chi connectivity index (χ4n) is 4.68. The summed E-state index contributed by atoms with van der Waals surface area (Å²) in [5.74, 6) is -0.426. The molecule has 0 spiro atoms. The number of hydrogen-bond donors (Lipinski definition) is 2. The van der Waals surface area contributed by atoms with Crippen LogP contribution >= 0.6 is 12.2 Å². The molecule has 0 radical (unpaired) electrons. The van der Waals surface area contributed by atoms with Gasteiger partial charge >= 0.3 is 5.97 Å². The number of benzene rings is 2. The zero-order chi connectivity index (χ0) is 23.5. The highest BCUT2D eigenvalue weighted by molar-refractivity contribution is 7.80. The van der Waals surface area contributed by atoms with Crippen LogP contribution in [0.2, 0.25) is 0 Å². The van der Waals surface area contributed by atoms with E-state index in [2.05, 4.69) is 34.3 Å². The lowest BCUT2D eigenvalue weighted by molar-refractivity contribution is 0.0602.